The maximum absolute atomic E-state index is 11.3. The number of para-hydroxylation sites is 1. The number of nitrogens with two attached hydrogens (primary N) is 2. The molecular formula is C13H14BrN3OS. The van der Waals surface area contributed by atoms with Gasteiger partial charge in [0, 0.05) is 21.8 Å². The zero-order valence-corrected chi connectivity index (χ0v) is 12.8. The summed E-state index contributed by atoms with van der Waals surface area (Å²) in [5, 5.41) is 2.03. The highest BCUT2D eigenvalue weighted by Gasteiger charge is 2.13. The van der Waals surface area contributed by atoms with Gasteiger partial charge in [0.15, 0.2) is 0 Å². The normalized spacial score (nSPS) is 10.4. The van der Waals surface area contributed by atoms with E-state index >= 15 is 0 Å². The van der Waals surface area contributed by atoms with Crippen molar-refractivity contribution in [1.29, 1.82) is 0 Å². The number of hydrogen-bond acceptors (Lipinski definition) is 4. The Morgan fingerprint density at radius 2 is 2.21 bits per heavy atom. The van der Waals surface area contributed by atoms with Crippen LogP contribution in [0.3, 0.4) is 0 Å². The number of carbonyl (C=O) groups is 1. The monoisotopic (exact) mass is 339 g/mol. The minimum Gasteiger partial charge on any atom is -0.396 e. The number of amides is 1. The summed E-state index contributed by atoms with van der Waals surface area (Å²) in [5.41, 5.74) is 12.9. The maximum atomic E-state index is 11.3. The Hall–Kier alpha value is -1.53. The fraction of sp³-hybridized carbons (Fsp3) is 0.154. The summed E-state index contributed by atoms with van der Waals surface area (Å²) >= 11 is 5.10. The van der Waals surface area contributed by atoms with Gasteiger partial charge in [0.1, 0.15) is 0 Å². The number of hydrogen-bond donors (Lipinski definition) is 2. The Labute approximate surface area is 124 Å². The molecule has 0 atom stereocenters. The standard InChI is InChI=1S/C13H14BrN3OS/c1-17(6-9-5-8(14)7-19-9)11-4-2-3-10(12(11)15)13(16)18/h2-5,7H,6,15H2,1H3,(H2,16,18). The number of anilines is 2. The molecule has 4 nitrogen and oxygen atoms in total. The predicted octanol–water partition coefficient (Wildman–Crippen LogP) is 2.83. The lowest BCUT2D eigenvalue weighted by Crippen LogP contribution is -2.20. The fourth-order valence-corrected chi connectivity index (χ4v) is 3.36. The van der Waals surface area contributed by atoms with Crippen molar-refractivity contribution in [2.45, 2.75) is 6.54 Å². The molecule has 0 bridgehead atoms. The SMILES string of the molecule is CN(Cc1cc(Br)cs1)c1cccc(C(N)=O)c1N. The molecule has 2 aromatic rings. The number of carbonyl (C=O) groups excluding carboxylic acids is 1. The largest absolute Gasteiger partial charge is 0.396 e. The van der Waals surface area contributed by atoms with Crippen molar-refractivity contribution < 1.29 is 4.79 Å². The van der Waals surface area contributed by atoms with Gasteiger partial charge >= 0.3 is 0 Å². The summed E-state index contributed by atoms with van der Waals surface area (Å²) in [5.74, 6) is -0.508. The Kier molecular flexibility index (Phi) is 4.11. The van der Waals surface area contributed by atoms with Gasteiger partial charge in [-0.25, -0.2) is 0 Å². The van der Waals surface area contributed by atoms with Crippen molar-refractivity contribution in [3.05, 3.63) is 44.6 Å². The van der Waals surface area contributed by atoms with Crippen molar-refractivity contribution in [3.8, 4) is 0 Å². The lowest BCUT2D eigenvalue weighted by molar-refractivity contribution is 0.100. The summed E-state index contributed by atoms with van der Waals surface area (Å²) in [4.78, 5) is 14.5. The van der Waals surface area contributed by atoms with Crippen molar-refractivity contribution in [2.24, 2.45) is 5.73 Å². The van der Waals surface area contributed by atoms with Crippen molar-refractivity contribution in [2.75, 3.05) is 17.7 Å². The van der Waals surface area contributed by atoms with Crippen LogP contribution in [-0.2, 0) is 6.54 Å². The number of nitrogens with zero attached hydrogens (tertiary/aromatic N) is 1. The number of benzene rings is 1. The van der Waals surface area contributed by atoms with Crippen molar-refractivity contribution in [1.82, 2.24) is 0 Å². The Balaban J connectivity index is 2.26. The average molecular weight is 340 g/mol. The average Bonchev–Trinajstić information content (AvgIpc) is 2.74. The molecule has 1 aromatic heterocycles. The molecule has 0 aliphatic heterocycles. The molecule has 2 rings (SSSR count). The molecule has 0 radical (unpaired) electrons. The van der Waals surface area contributed by atoms with Crippen LogP contribution in [0.5, 0.6) is 0 Å². The molecule has 0 aliphatic rings. The second-order valence-electron chi connectivity index (χ2n) is 4.19. The zero-order chi connectivity index (χ0) is 14.0. The van der Waals surface area contributed by atoms with E-state index in [4.69, 9.17) is 11.5 Å². The first-order chi connectivity index (χ1) is 8.99. The van der Waals surface area contributed by atoms with Crippen LogP contribution >= 0.6 is 27.3 Å². The third-order valence-electron chi connectivity index (χ3n) is 2.77. The van der Waals surface area contributed by atoms with Crippen LogP contribution in [0.15, 0.2) is 34.1 Å². The molecule has 19 heavy (non-hydrogen) atoms. The zero-order valence-electron chi connectivity index (χ0n) is 10.4. The third kappa shape index (κ3) is 3.08. The molecule has 0 saturated carbocycles. The van der Waals surface area contributed by atoms with Crippen LogP contribution in [0, 0.1) is 0 Å². The molecule has 0 fully saturated rings. The van der Waals surface area contributed by atoms with E-state index in [1.54, 1.807) is 23.5 Å². The van der Waals surface area contributed by atoms with Crippen LogP contribution in [-0.4, -0.2) is 13.0 Å². The predicted molar refractivity (Wildman–Crippen MR) is 83.5 cm³/mol. The van der Waals surface area contributed by atoms with E-state index in [2.05, 4.69) is 22.0 Å². The first-order valence-corrected chi connectivity index (χ1v) is 7.28. The summed E-state index contributed by atoms with van der Waals surface area (Å²) < 4.78 is 1.07. The molecule has 0 saturated heterocycles. The molecule has 1 aromatic carbocycles. The second-order valence-corrected chi connectivity index (χ2v) is 6.10. The van der Waals surface area contributed by atoms with Gasteiger partial charge in [-0.05, 0) is 34.1 Å². The van der Waals surface area contributed by atoms with Gasteiger partial charge < -0.3 is 16.4 Å². The number of rotatable bonds is 4. The van der Waals surface area contributed by atoms with Crippen LogP contribution in [0.25, 0.3) is 0 Å². The number of nitrogen functional groups attached to an aromatic ring is 1. The molecule has 0 aliphatic carbocycles. The van der Waals surface area contributed by atoms with Gasteiger partial charge in [0.05, 0.1) is 23.5 Å². The fourth-order valence-electron chi connectivity index (χ4n) is 1.86. The van der Waals surface area contributed by atoms with Gasteiger partial charge in [-0.3, -0.25) is 4.79 Å². The van der Waals surface area contributed by atoms with Gasteiger partial charge in [-0.2, -0.15) is 0 Å². The van der Waals surface area contributed by atoms with Crippen LogP contribution in [0.1, 0.15) is 15.2 Å². The summed E-state index contributed by atoms with van der Waals surface area (Å²) in [7, 11) is 1.93. The molecule has 0 unspecified atom stereocenters. The Morgan fingerprint density at radius 3 is 2.79 bits per heavy atom. The lowest BCUT2D eigenvalue weighted by Gasteiger charge is -2.21. The molecule has 100 valence electrons. The first-order valence-electron chi connectivity index (χ1n) is 5.61. The van der Waals surface area contributed by atoms with E-state index in [1.807, 2.05) is 23.4 Å². The van der Waals surface area contributed by atoms with Crippen molar-refractivity contribution >= 4 is 44.5 Å². The highest BCUT2D eigenvalue weighted by molar-refractivity contribution is 9.10. The van der Waals surface area contributed by atoms with E-state index in [0.29, 0.717) is 11.3 Å². The highest BCUT2D eigenvalue weighted by Crippen LogP contribution is 2.28. The summed E-state index contributed by atoms with van der Waals surface area (Å²) in [6, 6.07) is 7.36. The topological polar surface area (TPSA) is 72.3 Å². The molecule has 0 spiro atoms. The molecule has 4 N–H and O–H groups in total. The van der Waals surface area contributed by atoms with Crippen LogP contribution in [0.2, 0.25) is 0 Å². The van der Waals surface area contributed by atoms with E-state index in [1.165, 1.54) is 4.88 Å². The quantitative estimate of drug-likeness (QED) is 0.841. The number of thiophene rings is 1. The van der Waals surface area contributed by atoms with Gasteiger partial charge in [0.2, 0.25) is 0 Å². The van der Waals surface area contributed by atoms with E-state index in [9.17, 15) is 4.79 Å². The summed E-state index contributed by atoms with van der Waals surface area (Å²) in [6.07, 6.45) is 0. The van der Waals surface area contributed by atoms with E-state index in [0.717, 1.165) is 16.7 Å². The van der Waals surface area contributed by atoms with E-state index in [-0.39, 0.29) is 0 Å². The minimum absolute atomic E-state index is 0.358. The highest BCUT2D eigenvalue weighted by atomic mass is 79.9. The Bertz CT molecular complexity index is 612. The molecule has 1 amide bonds. The first kappa shape index (κ1) is 13.9. The van der Waals surface area contributed by atoms with Crippen molar-refractivity contribution in [3.63, 3.8) is 0 Å². The third-order valence-corrected chi connectivity index (χ3v) is 4.46. The Morgan fingerprint density at radius 1 is 1.47 bits per heavy atom. The number of primary amides is 1. The molecule has 6 heteroatoms. The smallest absolute Gasteiger partial charge is 0.250 e. The van der Waals surface area contributed by atoms with Gasteiger partial charge in [-0.1, -0.05) is 6.07 Å². The lowest BCUT2D eigenvalue weighted by atomic mass is 10.1. The summed E-state index contributed by atoms with van der Waals surface area (Å²) in [6.45, 7) is 0.725. The second kappa shape index (κ2) is 5.63. The number of halogens is 1. The van der Waals surface area contributed by atoms with Gasteiger partial charge in [0.25, 0.3) is 5.91 Å². The maximum Gasteiger partial charge on any atom is 0.250 e. The van der Waals surface area contributed by atoms with Crippen LogP contribution in [0.4, 0.5) is 11.4 Å². The minimum atomic E-state index is -0.508. The molecule has 1 heterocycles. The molecular weight excluding hydrogens is 326 g/mol. The van der Waals surface area contributed by atoms with Crippen LogP contribution < -0.4 is 16.4 Å². The van der Waals surface area contributed by atoms with E-state index < -0.39 is 5.91 Å². The van der Waals surface area contributed by atoms with Gasteiger partial charge in [-0.15, -0.1) is 11.3 Å².